The largest absolute Gasteiger partial charge is 0.389 e. The highest BCUT2D eigenvalue weighted by atomic mass is 16.4. The van der Waals surface area contributed by atoms with Crippen LogP contribution < -0.4 is 0 Å². The Labute approximate surface area is 100 Å². The third kappa shape index (κ3) is 3.23. The summed E-state index contributed by atoms with van der Waals surface area (Å²) in [6.45, 7) is 1.51. The van der Waals surface area contributed by atoms with Gasteiger partial charge in [0, 0.05) is 37.9 Å². The summed E-state index contributed by atoms with van der Waals surface area (Å²) >= 11 is 0. The Bertz CT molecular complexity index is 335. The van der Waals surface area contributed by atoms with E-state index in [0.29, 0.717) is 13.1 Å². The average molecular weight is 238 g/mol. The lowest BCUT2D eigenvalue weighted by atomic mass is 10.0. The average Bonchev–Trinajstić information content (AvgIpc) is 2.34. The van der Waals surface area contributed by atoms with Crippen LogP contribution in [0.2, 0.25) is 0 Å². The maximum atomic E-state index is 9.55. The van der Waals surface area contributed by atoms with Crippen molar-refractivity contribution in [2.24, 2.45) is 0 Å². The van der Waals surface area contributed by atoms with Crippen molar-refractivity contribution in [2.45, 2.75) is 24.7 Å². The molecule has 1 saturated heterocycles. The van der Waals surface area contributed by atoms with E-state index in [0.717, 1.165) is 18.7 Å². The molecule has 94 valence electrons. The number of aromatic nitrogens is 1. The van der Waals surface area contributed by atoms with E-state index in [-0.39, 0.29) is 0 Å². The highest BCUT2D eigenvalue weighted by molar-refractivity contribution is 5.04. The number of hydrogen-bond acceptors (Lipinski definition) is 5. The van der Waals surface area contributed by atoms with Crippen LogP contribution >= 0.6 is 0 Å². The van der Waals surface area contributed by atoms with Crippen molar-refractivity contribution >= 4 is 0 Å². The summed E-state index contributed by atoms with van der Waals surface area (Å²) in [5.41, 5.74) is 0.989. The van der Waals surface area contributed by atoms with Crippen molar-refractivity contribution in [2.75, 3.05) is 19.6 Å². The minimum Gasteiger partial charge on any atom is -0.389 e. The second-order valence-electron chi connectivity index (χ2n) is 4.46. The van der Waals surface area contributed by atoms with Gasteiger partial charge in [-0.3, -0.25) is 9.88 Å². The first-order valence-electron chi connectivity index (χ1n) is 5.83. The first-order valence-corrected chi connectivity index (χ1v) is 5.83. The van der Waals surface area contributed by atoms with Crippen LogP contribution in [0.5, 0.6) is 0 Å². The summed E-state index contributed by atoms with van der Waals surface area (Å²) < 4.78 is 0. The Morgan fingerprint density at radius 1 is 1.18 bits per heavy atom. The predicted octanol–water partition coefficient (Wildman–Crippen LogP) is -0.978. The van der Waals surface area contributed by atoms with Crippen LogP contribution in [0.1, 0.15) is 5.69 Å². The van der Waals surface area contributed by atoms with Crippen molar-refractivity contribution in [1.82, 2.24) is 9.88 Å². The van der Waals surface area contributed by atoms with Crippen LogP contribution in [-0.4, -0.2) is 63.1 Å². The predicted molar refractivity (Wildman–Crippen MR) is 62.4 cm³/mol. The van der Waals surface area contributed by atoms with Gasteiger partial charge < -0.3 is 15.3 Å². The molecule has 1 aliphatic heterocycles. The van der Waals surface area contributed by atoms with Crippen molar-refractivity contribution in [3.05, 3.63) is 30.1 Å². The van der Waals surface area contributed by atoms with E-state index in [1.54, 1.807) is 6.20 Å². The number of piperidine rings is 1. The zero-order chi connectivity index (χ0) is 12.3. The minimum absolute atomic E-state index is 0.394. The minimum atomic E-state index is -1.03. The SMILES string of the molecule is O[C@H]1[C@H](O)CN(CCc2ccccn2)C[C@@H]1O. The van der Waals surface area contributed by atoms with Gasteiger partial charge in [0.2, 0.25) is 0 Å². The van der Waals surface area contributed by atoms with E-state index < -0.39 is 18.3 Å². The van der Waals surface area contributed by atoms with Gasteiger partial charge in [-0.1, -0.05) is 6.07 Å². The number of hydrogen-bond donors (Lipinski definition) is 3. The van der Waals surface area contributed by atoms with Gasteiger partial charge in [0.1, 0.15) is 6.10 Å². The number of nitrogens with zero attached hydrogens (tertiary/aromatic N) is 2. The van der Waals surface area contributed by atoms with Crippen molar-refractivity contribution < 1.29 is 15.3 Å². The molecule has 1 fully saturated rings. The summed E-state index contributed by atoms with van der Waals surface area (Å²) in [7, 11) is 0. The van der Waals surface area contributed by atoms with E-state index in [9.17, 15) is 15.3 Å². The van der Waals surface area contributed by atoms with Gasteiger partial charge in [0.05, 0.1) is 12.2 Å². The second kappa shape index (κ2) is 5.55. The van der Waals surface area contributed by atoms with Crippen LogP contribution in [0.4, 0.5) is 0 Å². The van der Waals surface area contributed by atoms with Crippen molar-refractivity contribution in [3.8, 4) is 0 Å². The maximum absolute atomic E-state index is 9.55. The summed E-state index contributed by atoms with van der Waals surface area (Å²) in [5, 5.41) is 28.5. The highest BCUT2D eigenvalue weighted by Gasteiger charge is 2.32. The number of β-amino-alcohol motifs (C(OH)–C–C–N with tert-alkyl or cyclic N) is 2. The lowest BCUT2D eigenvalue weighted by molar-refractivity contribution is -0.109. The molecule has 3 atom stereocenters. The van der Waals surface area contributed by atoms with Gasteiger partial charge in [-0.25, -0.2) is 0 Å². The number of likely N-dealkylation sites (tertiary alicyclic amines) is 1. The van der Waals surface area contributed by atoms with Gasteiger partial charge in [-0.2, -0.15) is 0 Å². The lowest BCUT2D eigenvalue weighted by Crippen LogP contribution is -2.55. The molecule has 2 heterocycles. The number of aliphatic hydroxyl groups excluding tert-OH is 3. The van der Waals surface area contributed by atoms with Gasteiger partial charge in [-0.05, 0) is 12.1 Å². The monoisotopic (exact) mass is 238 g/mol. The van der Waals surface area contributed by atoms with Crippen LogP contribution in [0.15, 0.2) is 24.4 Å². The third-order valence-electron chi connectivity index (χ3n) is 3.09. The molecule has 0 amide bonds. The van der Waals surface area contributed by atoms with Crippen molar-refractivity contribution in [1.29, 1.82) is 0 Å². The first kappa shape index (κ1) is 12.4. The van der Waals surface area contributed by atoms with Crippen LogP contribution in [-0.2, 0) is 6.42 Å². The molecule has 1 aliphatic rings. The quantitative estimate of drug-likeness (QED) is 0.631. The lowest BCUT2D eigenvalue weighted by Gasteiger charge is -2.36. The molecule has 5 nitrogen and oxygen atoms in total. The Morgan fingerprint density at radius 3 is 2.47 bits per heavy atom. The number of pyridine rings is 1. The standard InChI is InChI=1S/C12H18N2O3/c15-10-7-14(8-11(16)12(10)17)6-4-9-3-1-2-5-13-9/h1-3,5,10-12,15-17H,4,6-8H2/t10-,11+,12+. The van der Waals surface area contributed by atoms with Crippen LogP contribution in [0.3, 0.4) is 0 Å². The van der Waals surface area contributed by atoms with Gasteiger partial charge >= 0.3 is 0 Å². The van der Waals surface area contributed by atoms with E-state index >= 15 is 0 Å². The van der Waals surface area contributed by atoms with Crippen LogP contribution in [0.25, 0.3) is 0 Å². The fourth-order valence-electron chi connectivity index (χ4n) is 2.08. The summed E-state index contributed by atoms with van der Waals surface area (Å²) in [6.07, 6.45) is -0.249. The van der Waals surface area contributed by atoms with E-state index in [2.05, 4.69) is 4.98 Å². The molecule has 0 radical (unpaired) electrons. The molecular weight excluding hydrogens is 220 g/mol. The summed E-state index contributed by atoms with van der Waals surface area (Å²) in [4.78, 5) is 6.16. The molecule has 1 aromatic rings. The molecule has 0 unspecified atom stereocenters. The van der Waals surface area contributed by atoms with E-state index in [1.165, 1.54) is 0 Å². The molecule has 0 aromatic carbocycles. The third-order valence-corrected chi connectivity index (χ3v) is 3.09. The summed E-state index contributed by atoms with van der Waals surface area (Å²) in [5.74, 6) is 0. The molecule has 0 aliphatic carbocycles. The molecule has 0 bridgehead atoms. The smallest absolute Gasteiger partial charge is 0.108 e. The molecule has 0 spiro atoms. The second-order valence-corrected chi connectivity index (χ2v) is 4.46. The van der Waals surface area contributed by atoms with Crippen LogP contribution in [0, 0.1) is 0 Å². The molecule has 1 aromatic heterocycles. The number of rotatable bonds is 3. The molecule has 5 heteroatoms. The molecular formula is C12H18N2O3. The molecule has 3 N–H and O–H groups in total. The highest BCUT2D eigenvalue weighted by Crippen LogP contribution is 2.12. The first-order chi connectivity index (χ1) is 8.16. The van der Waals surface area contributed by atoms with Gasteiger partial charge in [0.15, 0.2) is 0 Å². The zero-order valence-electron chi connectivity index (χ0n) is 9.61. The normalized spacial score (nSPS) is 30.4. The molecule has 0 saturated carbocycles. The fourth-order valence-corrected chi connectivity index (χ4v) is 2.08. The Morgan fingerprint density at radius 2 is 1.88 bits per heavy atom. The molecule has 17 heavy (non-hydrogen) atoms. The topological polar surface area (TPSA) is 76.8 Å². The number of aliphatic hydroxyl groups is 3. The fraction of sp³-hybridized carbons (Fsp3) is 0.583. The molecule has 2 rings (SSSR count). The van der Waals surface area contributed by atoms with E-state index in [1.807, 2.05) is 23.1 Å². The zero-order valence-corrected chi connectivity index (χ0v) is 9.61. The van der Waals surface area contributed by atoms with E-state index in [4.69, 9.17) is 0 Å². The maximum Gasteiger partial charge on any atom is 0.108 e. The Balaban J connectivity index is 1.84. The van der Waals surface area contributed by atoms with Crippen molar-refractivity contribution in [3.63, 3.8) is 0 Å². The summed E-state index contributed by atoms with van der Waals surface area (Å²) in [6, 6.07) is 5.76. The Hall–Kier alpha value is -1.01. The van der Waals surface area contributed by atoms with Gasteiger partial charge in [0.25, 0.3) is 0 Å². The van der Waals surface area contributed by atoms with Gasteiger partial charge in [-0.15, -0.1) is 0 Å². The Kier molecular flexibility index (Phi) is 4.06.